The second kappa shape index (κ2) is 11.4. The van der Waals surface area contributed by atoms with E-state index in [4.69, 9.17) is 25.8 Å². The molecule has 1 heterocycles. The maximum absolute atomic E-state index is 12.3. The van der Waals surface area contributed by atoms with Crippen LogP contribution in [0.5, 0.6) is 17.2 Å². The quantitative estimate of drug-likeness (QED) is 0.302. The summed E-state index contributed by atoms with van der Waals surface area (Å²) in [7, 11) is 1.54. The van der Waals surface area contributed by atoms with Crippen molar-refractivity contribution in [2.24, 2.45) is 0 Å². The van der Waals surface area contributed by atoms with Crippen LogP contribution in [0.4, 0.5) is 5.69 Å². The van der Waals surface area contributed by atoms with E-state index in [-0.39, 0.29) is 18.3 Å². The minimum Gasteiger partial charge on any atom is -0.495 e. The van der Waals surface area contributed by atoms with Crippen LogP contribution in [0.25, 0.3) is 6.08 Å². The molecule has 0 radical (unpaired) electrons. The fourth-order valence-electron chi connectivity index (χ4n) is 2.79. The summed E-state index contributed by atoms with van der Waals surface area (Å²) < 4.78 is 17.1. The zero-order chi connectivity index (χ0) is 22.9. The second-order valence-corrected chi connectivity index (χ2v) is 8.19. The molecule has 0 saturated carbocycles. The summed E-state index contributed by atoms with van der Waals surface area (Å²) in [6, 6.07) is 15.7. The van der Waals surface area contributed by atoms with Gasteiger partial charge in [0.15, 0.2) is 23.9 Å². The van der Waals surface area contributed by atoms with Crippen LogP contribution in [0.3, 0.4) is 0 Å². The third-order valence-electron chi connectivity index (χ3n) is 4.25. The van der Waals surface area contributed by atoms with E-state index in [9.17, 15) is 9.59 Å². The molecule has 1 N–H and O–H groups in total. The van der Waals surface area contributed by atoms with Crippen LogP contribution in [0.2, 0.25) is 4.34 Å². The van der Waals surface area contributed by atoms with Gasteiger partial charge in [-0.2, -0.15) is 0 Å². The van der Waals surface area contributed by atoms with Gasteiger partial charge in [-0.25, -0.2) is 0 Å². The number of carbonyl (C=O) groups excluding carboxylic acids is 2. The zero-order valence-corrected chi connectivity index (χ0v) is 19.2. The van der Waals surface area contributed by atoms with Crippen LogP contribution >= 0.6 is 22.9 Å². The third-order valence-corrected chi connectivity index (χ3v) is 5.50. The number of rotatable bonds is 10. The SMILES string of the molecule is CCOc1cc(/C=C/C(=O)c2ccc(Cl)s2)ccc1OCC(=O)Nc1ccccc1OC. The number of carbonyl (C=O) groups is 2. The molecule has 0 aliphatic rings. The molecule has 0 unspecified atom stereocenters. The lowest BCUT2D eigenvalue weighted by Crippen LogP contribution is -2.20. The zero-order valence-electron chi connectivity index (χ0n) is 17.6. The first-order chi connectivity index (χ1) is 15.5. The fourth-order valence-corrected chi connectivity index (χ4v) is 3.76. The topological polar surface area (TPSA) is 73.9 Å². The number of allylic oxidation sites excluding steroid dienone is 1. The molecule has 1 aromatic heterocycles. The van der Waals surface area contributed by atoms with Crippen LogP contribution in [-0.4, -0.2) is 32.0 Å². The first kappa shape index (κ1) is 23.4. The molecule has 0 spiro atoms. The highest BCUT2D eigenvalue weighted by Gasteiger charge is 2.11. The van der Waals surface area contributed by atoms with Gasteiger partial charge in [0, 0.05) is 0 Å². The smallest absolute Gasteiger partial charge is 0.262 e. The fraction of sp³-hybridized carbons (Fsp3) is 0.167. The van der Waals surface area contributed by atoms with E-state index in [2.05, 4.69) is 5.32 Å². The number of para-hydroxylation sites is 2. The summed E-state index contributed by atoms with van der Waals surface area (Å²) in [5, 5.41) is 2.76. The number of nitrogens with one attached hydrogen (secondary N) is 1. The Hall–Kier alpha value is -3.29. The van der Waals surface area contributed by atoms with Crippen molar-refractivity contribution in [2.45, 2.75) is 6.92 Å². The summed E-state index contributed by atoms with van der Waals surface area (Å²) >= 11 is 7.11. The van der Waals surface area contributed by atoms with Gasteiger partial charge < -0.3 is 19.5 Å². The lowest BCUT2D eigenvalue weighted by atomic mass is 10.1. The lowest BCUT2D eigenvalue weighted by Gasteiger charge is -2.13. The monoisotopic (exact) mass is 471 g/mol. The number of ketones is 1. The minimum absolute atomic E-state index is 0.131. The molecule has 3 aromatic rings. The van der Waals surface area contributed by atoms with Crippen molar-refractivity contribution in [3.63, 3.8) is 0 Å². The Labute approximate surface area is 195 Å². The minimum atomic E-state index is -0.332. The molecule has 0 fully saturated rings. The van der Waals surface area contributed by atoms with Gasteiger partial charge in [0.25, 0.3) is 5.91 Å². The predicted octanol–water partition coefficient (Wildman–Crippen LogP) is 5.72. The maximum atomic E-state index is 12.3. The molecule has 0 atom stereocenters. The molecule has 32 heavy (non-hydrogen) atoms. The van der Waals surface area contributed by atoms with Gasteiger partial charge in [-0.3, -0.25) is 9.59 Å². The molecule has 6 nitrogen and oxygen atoms in total. The van der Waals surface area contributed by atoms with Crippen LogP contribution in [-0.2, 0) is 4.79 Å². The number of anilines is 1. The van der Waals surface area contributed by atoms with Gasteiger partial charge in [0.1, 0.15) is 5.75 Å². The number of hydrogen-bond donors (Lipinski definition) is 1. The molecule has 0 aliphatic heterocycles. The number of ether oxygens (including phenoxy) is 3. The first-order valence-corrected chi connectivity index (χ1v) is 11.0. The van der Waals surface area contributed by atoms with Gasteiger partial charge in [-0.15, -0.1) is 11.3 Å². The summed E-state index contributed by atoms with van der Waals surface area (Å²) in [6.45, 7) is 2.07. The van der Waals surface area contributed by atoms with E-state index >= 15 is 0 Å². The molecule has 0 aliphatic carbocycles. The van der Waals surface area contributed by atoms with Crippen molar-refractivity contribution >= 4 is 46.4 Å². The van der Waals surface area contributed by atoms with Crippen molar-refractivity contribution < 1.29 is 23.8 Å². The van der Waals surface area contributed by atoms with E-state index in [1.54, 1.807) is 54.6 Å². The maximum Gasteiger partial charge on any atom is 0.262 e. The molecule has 0 saturated heterocycles. The largest absolute Gasteiger partial charge is 0.495 e. The Bertz CT molecular complexity index is 1130. The molecule has 8 heteroatoms. The number of halogens is 1. The molecular weight excluding hydrogens is 450 g/mol. The van der Waals surface area contributed by atoms with Crippen molar-refractivity contribution in [1.29, 1.82) is 0 Å². The third kappa shape index (κ3) is 6.35. The van der Waals surface area contributed by atoms with Crippen molar-refractivity contribution in [1.82, 2.24) is 0 Å². The van der Waals surface area contributed by atoms with Gasteiger partial charge in [0.2, 0.25) is 0 Å². The number of hydrogen-bond acceptors (Lipinski definition) is 6. The highest BCUT2D eigenvalue weighted by molar-refractivity contribution is 7.18. The van der Waals surface area contributed by atoms with Crippen LogP contribution in [0, 0.1) is 0 Å². The van der Waals surface area contributed by atoms with Crippen molar-refractivity contribution in [2.75, 3.05) is 25.6 Å². The Balaban J connectivity index is 1.65. The number of amides is 1. The molecule has 0 bridgehead atoms. The van der Waals surface area contributed by atoms with Crippen LogP contribution < -0.4 is 19.5 Å². The van der Waals surface area contributed by atoms with Crippen LogP contribution in [0.15, 0.2) is 60.7 Å². The normalized spacial score (nSPS) is 10.7. The Kier molecular flexibility index (Phi) is 8.30. The van der Waals surface area contributed by atoms with Gasteiger partial charge >= 0.3 is 0 Å². The van der Waals surface area contributed by atoms with E-state index < -0.39 is 0 Å². The molecule has 166 valence electrons. The molecular formula is C24H22ClNO5S. The highest BCUT2D eigenvalue weighted by atomic mass is 35.5. The van der Waals surface area contributed by atoms with E-state index in [1.165, 1.54) is 24.5 Å². The lowest BCUT2D eigenvalue weighted by molar-refractivity contribution is -0.118. The molecule has 2 aromatic carbocycles. The number of methoxy groups -OCH3 is 1. The van der Waals surface area contributed by atoms with Gasteiger partial charge in [-0.1, -0.05) is 35.9 Å². The Morgan fingerprint density at radius 3 is 2.56 bits per heavy atom. The summed E-state index contributed by atoms with van der Waals surface area (Å²) in [5.74, 6) is 1.00. The standard InChI is InChI=1S/C24H22ClNO5S/c1-3-30-21-14-16(8-10-18(27)22-12-13-23(25)32-22)9-11-20(21)31-15-24(28)26-17-6-4-5-7-19(17)29-2/h4-14H,3,15H2,1-2H3,(H,26,28)/b10-8+. The average Bonchev–Trinajstić information content (AvgIpc) is 3.24. The average molecular weight is 472 g/mol. The first-order valence-electron chi connectivity index (χ1n) is 9.80. The highest BCUT2D eigenvalue weighted by Crippen LogP contribution is 2.30. The summed E-state index contributed by atoms with van der Waals surface area (Å²) in [6.07, 6.45) is 3.17. The van der Waals surface area contributed by atoms with Crippen molar-refractivity contribution in [3.05, 3.63) is 75.5 Å². The number of benzene rings is 2. The van der Waals surface area contributed by atoms with E-state index in [0.29, 0.717) is 38.8 Å². The van der Waals surface area contributed by atoms with E-state index in [0.717, 1.165) is 5.56 Å². The van der Waals surface area contributed by atoms with Crippen molar-refractivity contribution in [3.8, 4) is 17.2 Å². The van der Waals surface area contributed by atoms with Gasteiger partial charge in [-0.05, 0) is 55.0 Å². The van der Waals surface area contributed by atoms with E-state index in [1.807, 2.05) is 13.0 Å². The molecule has 1 amide bonds. The Morgan fingerprint density at radius 1 is 1.03 bits per heavy atom. The summed E-state index contributed by atoms with van der Waals surface area (Å²) in [4.78, 5) is 25.1. The summed E-state index contributed by atoms with van der Waals surface area (Å²) in [5.41, 5.74) is 1.32. The second-order valence-electron chi connectivity index (χ2n) is 6.48. The predicted molar refractivity (Wildman–Crippen MR) is 127 cm³/mol. The molecule has 3 rings (SSSR count). The van der Waals surface area contributed by atoms with Crippen LogP contribution in [0.1, 0.15) is 22.2 Å². The van der Waals surface area contributed by atoms with Gasteiger partial charge in [0.05, 0.1) is 28.6 Å². The number of thiophene rings is 1. The Morgan fingerprint density at radius 2 is 1.84 bits per heavy atom.